The number of pyridine rings is 1. The number of nitrogens with one attached hydrogen (secondary N) is 1. The summed E-state index contributed by atoms with van der Waals surface area (Å²) in [4.78, 5) is 23.1. The number of methoxy groups -OCH3 is 1. The van der Waals surface area contributed by atoms with E-state index in [1.165, 1.54) is 5.56 Å². The summed E-state index contributed by atoms with van der Waals surface area (Å²) < 4.78 is 6.38. The first-order valence-corrected chi connectivity index (χ1v) is 9.41. The molecule has 0 radical (unpaired) electrons. The van der Waals surface area contributed by atoms with E-state index in [0.717, 1.165) is 40.6 Å². The van der Waals surface area contributed by atoms with Gasteiger partial charge in [-0.2, -0.15) is 0 Å². The lowest BCUT2D eigenvalue weighted by Gasteiger charge is -2.37. The monoisotopic (exact) mass is 368 g/mol. The molecule has 1 fully saturated rings. The second kappa shape index (κ2) is 7.29. The lowest BCUT2D eigenvalue weighted by molar-refractivity contribution is -0.125. The Balaban J connectivity index is 1.28. The van der Waals surface area contributed by atoms with Crippen LogP contribution in [-0.2, 0) is 11.2 Å². The molecule has 134 valence electrons. The van der Waals surface area contributed by atoms with Gasteiger partial charge < -0.3 is 15.0 Å². The second-order valence-corrected chi connectivity index (χ2v) is 7.34. The number of nitrogens with zero attached hydrogens (tertiary/aromatic N) is 3. The number of rotatable bonds is 6. The fourth-order valence-corrected chi connectivity index (χ4v) is 3.95. The number of fused-ring (bicyclic) bond motifs is 1. The van der Waals surface area contributed by atoms with Gasteiger partial charge in [0.2, 0.25) is 5.91 Å². The molecule has 4 rings (SSSR count). The Morgan fingerprint density at radius 2 is 2.12 bits per heavy atom. The second-order valence-electron chi connectivity index (χ2n) is 6.33. The predicted octanol–water partition coefficient (Wildman–Crippen LogP) is 2.50. The Morgan fingerprint density at radius 3 is 2.88 bits per heavy atom. The van der Waals surface area contributed by atoms with Gasteiger partial charge in [-0.15, -0.1) is 0 Å². The molecule has 1 amide bonds. The average Bonchev–Trinajstić information content (AvgIpc) is 3.03. The van der Waals surface area contributed by atoms with Crippen LogP contribution >= 0.6 is 11.3 Å². The minimum Gasteiger partial charge on any atom is -0.497 e. The first-order chi connectivity index (χ1) is 12.7. The summed E-state index contributed by atoms with van der Waals surface area (Å²) in [5.74, 6) is 0.969. The number of aromatic nitrogens is 2. The van der Waals surface area contributed by atoms with Crippen LogP contribution in [0, 0.1) is 5.92 Å². The highest BCUT2D eigenvalue weighted by molar-refractivity contribution is 7.22. The van der Waals surface area contributed by atoms with Crippen molar-refractivity contribution in [1.29, 1.82) is 0 Å². The number of carbonyl (C=O) groups is 1. The number of benzene rings is 1. The van der Waals surface area contributed by atoms with Crippen molar-refractivity contribution >= 4 is 32.6 Å². The first kappa shape index (κ1) is 16.8. The van der Waals surface area contributed by atoms with Crippen LogP contribution in [0.5, 0.6) is 5.75 Å². The fourth-order valence-electron chi connectivity index (χ4n) is 2.98. The first-order valence-electron chi connectivity index (χ1n) is 8.59. The standard InChI is InChI=1S/C19H20N4O2S/c1-25-15-2-3-17-16(10-15)22-19(26-17)23-11-14(12-23)18(24)21-9-6-13-4-7-20-8-5-13/h2-5,7-8,10,14H,6,9,11-12H2,1H3,(H,21,24). The number of amides is 1. The third kappa shape index (κ3) is 3.48. The van der Waals surface area contributed by atoms with Gasteiger partial charge in [0.05, 0.1) is 23.2 Å². The number of thiazole rings is 1. The quantitative estimate of drug-likeness (QED) is 0.724. The number of carbonyl (C=O) groups excluding carboxylic acids is 1. The van der Waals surface area contributed by atoms with Crippen LogP contribution in [0.1, 0.15) is 5.56 Å². The van der Waals surface area contributed by atoms with Crippen molar-refractivity contribution in [3.8, 4) is 5.75 Å². The van der Waals surface area contributed by atoms with Gasteiger partial charge in [-0.05, 0) is 36.2 Å². The van der Waals surface area contributed by atoms with Crippen molar-refractivity contribution in [3.05, 3.63) is 48.3 Å². The van der Waals surface area contributed by atoms with Crippen LogP contribution in [0.2, 0.25) is 0 Å². The van der Waals surface area contributed by atoms with E-state index in [9.17, 15) is 4.79 Å². The average molecular weight is 368 g/mol. The molecule has 1 aliphatic heterocycles. The molecule has 0 atom stereocenters. The van der Waals surface area contributed by atoms with Crippen molar-refractivity contribution in [2.24, 2.45) is 5.92 Å². The van der Waals surface area contributed by atoms with Gasteiger partial charge in [-0.3, -0.25) is 9.78 Å². The highest BCUT2D eigenvalue weighted by Crippen LogP contribution is 2.34. The zero-order valence-corrected chi connectivity index (χ0v) is 15.3. The van der Waals surface area contributed by atoms with Crippen molar-refractivity contribution in [2.75, 3.05) is 31.6 Å². The van der Waals surface area contributed by atoms with E-state index < -0.39 is 0 Å². The fraction of sp³-hybridized carbons (Fsp3) is 0.316. The summed E-state index contributed by atoms with van der Waals surface area (Å²) in [6.45, 7) is 2.09. The zero-order chi connectivity index (χ0) is 17.9. The van der Waals surface area contributed by atoms with Gasteiger partial charge >= 0.3 is 0 Å². The largest absolute Gasteiger partial charge is 0.497 e. The van der Waals surface area contributed by atoms with Crippen LogP contribution in [0.3, 0.4) is 0 Å². The Morgan fingerprint density at radius 1 is 1.31 bits per heavy atom. The molecule has 1 N–H and O–H groups in total. The Kier molecular flexibility index (Phi) is 4.71. The molecule has 1 aliphatic rings. The van der Waals surface area contributed by atoms with Gasteiger partial charge in [-0.25, -0.2) is 4.98 Å². The minimum atomic E-state index is 0.0361. The number of ether oxygens (including phenoxy) is 1. The van der Waals surface area contributed by atoms with Crippen molar-refractivity contribution < 1.29 is 9.53 Å². The smallest absolute Gasteiger partial charge is 0.226 e. The number of hydrogen-bond acceptors (Lipinski definition) is 6. The SMILES string of the molecule is COc1ccc2sc(N3CC(C(=O)NCCc4ccncc4)C3)nc2c1. The van der Waals surface area contributed by atoms with E-state index in [1.54, 1.807) is 30.8 Å². The van der Waals surface area contributed by atoms with Crippen LogP contribution in [0.15, 0.2) is 42.7 Å². The maximum Gasteiger partial charge on any atom is 0.226 e. The summed E-state index contributed by atoms with van der Waals surface area (Å²) in [5, 5.41) is 3.99. The summed E-state index contributed by atoms with van der Waals surface area (Å²) in [7, 11) is 1.65. The van der Waals surface area contributed by atoms with Gasteiger partial charge in [0.25, 0.3) is 0 Å². The van der Waals surface area contributed by atoms with Crippen molar-refractivity contribution in [2.45, 2.75) is 6.42 Å². The van der Waals surface area contributed by atoms with Crippen molar-refractivity contribution in [1.82, 2.24) is 15.3 Å². The summed E-state index contributed by atoms with van der Waals surface area (Å²) in [5.41, 5.74) is 2.12. The van der Waals surface area contributed by atoms with Crippen LogP contribution in [-0.4, -0.2) is 42.6 Å². The Labute approximate surface area is 155 Å². The maximum absolute atomic E-state index is 12.3. The molecule has 26 heavy (non-hydrogen) atoms. The van der Waals surface area contributed by atoms with Gasteiger partial charge in [0.1, 0.15) is 5.75 Å². The highest BCUT2D eigenvalue weighted by atomic mass is 32.1. The molecule has 0 saturated carbocycles. The third-order valence-electron chi connectivity index (χ3n) is 4.57. The molecule has 0 spiro atoms. The molecule has 2 aromatic heterocycles. The minimum absolute atomic E-state index is 0.0361. The van der Waals surface area contributed by atoms with E-state index in [2.05, 4.69) is 20.2 Å². The molecular formula is C19H20N4O2S. The van der Waals surface area contributed by atoms with Gasteiger partial charge in [0, 0.05) is 38.1 Å². The van der Waals surface area contributed by atoms with E-state index in [-0.39, 0.29) is 11.8 Å². The normalized spacial score (nSPS) is 14.3. The molecule has 0 bridgehead atoms. The number of hydrogen-bond donors (Lipinski definition) is 1. The molecule has 1 aromatic carbocycles. The zero-order valence-electron chi connectivity index (χ0n) is 14.5. The topological polar surface area (TPSA) is 67.3 Å². The highest BCUT2D eigenvalue weighted by Gasteiger charge is 2.34. The van der Waals surface area contributed by atoms with E-state index in [1.807, 2.05) is 30.3 Å². The third-order valence-corrected chi connectivity index (χ3v) is 5.67. The van der Waals surface area contributed by atoms with E-state index in [4.69, 9.17) is 4.74 Å². The molecule has 1 saturated heterocycles. The molecule has 6 nitrogen and oxygen atoms in total. The summed E-state index contributed by atoms with van der Waals surface area (Å²) in [6.07, 6.45) is 4.37. The van der Waals surface area contributed by atoms with Gasteiger partial charge in [-0.1, -0.05) is 11.3 Å². The van der Waals surface area contributed by atoms with Crippen LogP contribution in [0.4, 0.5) is 5.13 Å². The van der Waals surface area contributed by atoms with Crippen molar-refractivity contribution in [3.63, 3.8) is 0 Å². The number of anilines is 1. The summed E-state index contributed by atoms with van der Waals surface area (Å²) >= 11 is 1.65. The molecule has 0 unspecified atom stereocenters. The van der Waals surface area contributed by atoms with Crippen LogP contribution < -0.4 is 15.0 Å². The maximum atomic E-state index is 12.3. The molecule has 7 heteroatoms. The Bertz CT molecular complexity index is 906. The Hall–Kier alpha value is -2.67. The predicted molar refractivity (Wildman–Crippen MR) is 103 cm³/mol. The van der Waals surface area contributed by atoms with E-state index >= 15 is 0 Å². The lowest BCUT2D eigenvalue weighted by atomic mass is 10.00. The van der Waals surface area contributed by atoms with Gasteiger partial charge in [0.15, 0.2) is 5.13 Å². The molecule has 3 aromatic rings. The molecule has 0 aliphatic carbocycles. The molecular weight excluding hydrogens is 348 g/mol. The lowest BCUT2D eigenvalue weighted by Crippen LogP contribution is -2.54. The van der Waals surface area contributed by atoms with Crippen LogP contribution in [0.25, 0.3) is 10.2 Å². The van der Waals surface area contributed by atoms with E-state index in [0.29, 0.717) is 6.54 Å². The molecule has 3 heterocycles. The summed E-state index contributed by atoms with van der Waals surface area (Å²) in [6, 6.07) is 9.86.